The topological polar surface area (TPSA) is 95.5 Å². The highest BCUT2D eigenvalue weighted by Gasteiger charge is 2.24. The molecule has 2 rings (SSSR count). The minimum absolute atomic E-state index is 0.0254. The molecule has 1 unspecified atom stereocenters. The molecule has 1 aliphatic carbocycles. The number of hydrogen-bond acceptors (Lipinski definition) is 3. The molecule has 136 valence electrons. The molecule has 0 saturated heterocycles. The highest BCUT2D eigenvalue weighted by Crippen LogP contribution is 2.25. The minimum atomic E-state index is -1.02. The molecule has 6 heteroatoms. The van der Waals surface area contributed by atoms with Gasteiger partial charge in [-0.15, -0.1) is 0 Å². The van der Waals surface area contributed by atoms with E-state index in [1.54, 1.807) is 19.9 Å². The van der Waals surface area contributed by atoms with Crippen LogP contribution in [0.2, 0.25) is 0 Å². The van der Waals surface area contributed by atoms with E-state index in [0.29, 0.717) is 11.3 Å². The summed E-state index contributed by atoms with van der Waals surface area (Å²) >= 11 is 0. The normalized spacial score (nSPS) is 15.6. The molecule has 0 spiro atoms. The number of carboxylic acid groups (broad SMARTS) is 1. The molecule has 1 aromatic carbocycles. The first-order chi connectivity index (χ1) is 11.8. The maximum absolute atomic E-state index is 12.2. The summed E-state index contributed by atoms with van der Waals surface area (Å²) in [6.45, 7) is 5.35. The Kier molecular flexibility index (Phi) is 6.17. The Hall–Kier alpha value is -2.37. The lowest BCUT2D eigenvalue weighted by Crippen LogP contribution is -2.38. The SMILES string of the molecule is Cc1cc(C)c(C(=O)O)cc1NC(=O)CC(C)NC(=O)C1CCCC1. The maximum Gasteiger partial charge on any atom is 0.336 e. The zero-order valence-corrected chi connectivity index (χ0v) is 15.0. The Morgan fingerprint density at radius 2 is 1.80 bits per heavy atom. The molecule has 1 aromatic rings. The lowest BCUT2D eigenvalue weighted by molar-refractivity contribution is -0.125. The van der Waals surface area contributed by atoms with E-state index in [1.165, 1.54) is 6.07 Å². The smallest absolute Gasteiger partial charge is 0.336 e. The fourth-order valence-corrected chi connectivity index (χ4v) is 3.30. The van der Waals surface area contributed by atoms with E-state index in [1.807, 2.05) is 6.92 Å². The summed E-state index contributed by atoms with van der Waals surface area (Å²) in [7, 11) is 0. The molecule has 0 aromatic heterocycles. The standard InChI is InChI=1S/C19H26N2O4/c1-11-8-12(2)16(10-15(11)19(24)25)21-17(22)9-13(3)20-18(23)14-6-4-5-7-14/h8,10,13-14H,4-7,9H2,1-3H3,(H,20,23)(H,21,22)(H,24,25). The molecule has 0 radical (unpaired) electrons. The zero-order valence-electron chi connectivity index (χ0n) is 15.0. The predicted octanol–water partition coefficient (Wildman–Crippen LogP) is 3.03. The van der Waals surface area contributed by atoms with E-state index in [9.17, 15) is 19.5 Å². The van der Waals surface area contributed by atoms with Crippen molar-refractivity contribution in [3.63, 3.8) is 0 Å². The van der Waals surface area contributed by atoms with Gasteiger partial charge < -0.3 is 15.7 Å². The highest BCUT2D eigenvalue weighted by atomic mass is 16.4. The molecule has 1 atom stereocenters. The van der Waals surface area contributed by atoms with Gasteiger partial charge in [0, 0.05) is 24.1 Å². The van der Waals surface area contributed by atoms with Crippen LogP contribution >= 0.6 is 0 Å². The summed E-state index contributed by atoms with van der Waals surface area (Å²) in [5.41, 5.74) is 2.12. The summed E-state index contributed by atoms with van der Waals surface area (Å²) in [5, 5.41) is 14.9. The van der Waals surface area contributed by atoms with Gasteiger partial charge in [0.05, 0.1) is 5.56 Å². The van der Waals surface area contributed by atoms with Crippen molar-refractivity contribution in [1.29, 1.82) is 0 Å². The van der Waals surface area contributed by atoms with Gasteiger partial charge in [0.1, 0.15) is 0 Å². The van der Waals surface area contributed by atoms with Gasteiger partial charge >= 0.3 is 5.97 Å². The van der Waals surface area contributed by atoms with Crippen molar-refractivity contribution >= 4 is 23.5 Å². The molecule has 3 N–H and O–H groups in total. The number of aryl methyl sites for hydroxylation is 2. The second kappa shape index (κ2) is 8.14. The summed E-state index contributed by atoms with van der Waals surface area (Å²) in [6.07, 6.45) is 4.17. The van der Waals surface area contributed by atoms with Crippen LogP contribution < -0.4 is 10.6 Å². The number of benzene rings is 1. The first kappa shape index (κ1) is 19.0. The van der Waals surface area contributed by atoms with Crippen molar-refractivity contribution in [3.8, 4) is 0 Å². The van der Waals surface area contributed by atoms with Gasteiger partial charge in [0.2, 0.25) is 11.8 Å². The number of carbonyl (C=O) groups excluding carboxylic acids is 2. The van der Waals surface area contributed by atoms with E-state index < -0.39 is 5.97 Å². The fraction of sp³-hybridized carbons (Fsp3) is 0.526. The van der Waals surface area contributed by atoms with E-state index >= 15 is 0 Å². The largest absolute Gasteiger partial charge is 0.478 e. The highest BCUT2D eigenvalue weighted by molar-refractivity contribution is 5.96. The molecule has 25 heavy (non-hydrogen) atoms. The maximum atomic E-state index is 12.2. The molecule has 0 heterocycles. The van der Waals surface area contributed by atoms with Gasteiger partial charge in [-0.2, -0.15) is 0 Å². The van der Waals surface area contributed by atoms with Gasteiger partial charge in [-0.25, -0.2) is 4.79 Å². The molecule has 1 aliphatic rings. The zero-order chi connectivity index (χ0) is 18.6. The monoisotopic (exact) mass is 346 g/mol. The third-order valence-corrected chi connectivity index (χ3v) is 4.68. The van der Waals surface area contributed by atoms with Crippen molar-refractivity contribution in [3.05, 3.63) is 28.8 Å². The number of amides is 2. The Morgan fingerprint density at radius 3 is 2.40 bits per heavy atom. The van der Waals surface area contributed by atoms with Gasteiger partial charge in [0.25, 0.3) is 0 Å². The second-order valence-electron chi connectivity index (χ2n) is 6.93. The first-order valence-electron chi connectivity index (χ1n) is 8.72. The Balaban J connectivity index is 1.94. The van der Waals surface area contributed by atoms with Crippen molar-refractivity contribution in [2.24, 2.45) is 5.92 Å². The van der Waals surface area contributed by atoms with Crippen LogP contribution in [-0.2, 0) is 9.59 Å². The van der Waals surface area contributed by atoms with Crippen LogP contribution in [0.15, 0.2) is 12.1 Å². The summed E-state index contributed by atoms with van der Waals surface area (Å²) in [5.74, 6) is -1.17. The number of carbonyl (C=O) groups is 3. The Labute approximate surface area is 148 Å². The van der Waals surface area contributed by atoms with Gasteiger partial charge in [0.15, 0.2) is 0 Å². The van der Waals surface area contributed by atoms with Gasteiger partial charge in [-0.05, 0) is 50.8 Å². The van der Waals surface area contributed by atoms with Crippen molar-refractivity contribution in [2.75, 3.05) is 5.32 Å². The molecular weight excluding hydrogens is 320 g/mol. The van der Waals surface area contributed by atoms with Crippen LogP contribution in [0.5, 0.6) is 0 Å². The van der Waals surface area contributed by atoms with Crippen LogP contribution in [0.25, 0.3) is 0 Å². The summed E-state index contributed by atoms with van der Waals surface area (Å²) < 4.78 is 0. The number of hydrogen-bond donors (Lipinski definition) is 3. The number of carboxylic acids is 1. The average Bonchev–Trinajstić information content (AvgIpc) is 3.03. The van der Waals surface area contributed by atoms with Crippen LogP contribution in [0, 0.1) is 19.8 Å². The second-order valence-corrected chi connectivity index (χ2v) is 6.93. The van der Waals surface area contributed by atoms with Crippen molar-refractivity contribution in [2.45, 2.75) is 58.9 Å². The number of rotatable bonds is 6. The molecule has 0 bridgehead atoms. The molecule has 1 saturated carbocycles. The van der Waals surface area contributed by atoms with Crippen molar-refractivity contribution < 1.29 is 19.5 Å². The van der Waals surface area contributed by atoms with Crippen LogP contribution in [0.3, 0.4) is 0 Å². The number of anilines is 1. The fourth-order valence-electron chi connectivity index (χ4n) is 3.30. The van der Waals surface area contributed by atoms with Crippen LogP contribution in [0.1, 0.15) is 60.5 Å². The predicted molar refractivity (Wildman–Crippen MR) is 95.7 cm³/mol. The van der Waals surface area contributed by atoms with E-state index in [2.05, 4.69) is 10.6 Å². The van der Waals surface area contributed by atoms with Crippen molar-refractivity contribution in [1.82, 2.24) is 5.32 Å². The van der Waals surface area contributed by atoms with Crippen LogP contribution in [-0.4, -0.2) is 28.9 Å². The van der Waals surface area contributed by atoms with Gasteiger partial charge in [-0.1, -0.05) is 18.9 Å². The lowest BCUT2D eigenvalue weighted by Gasteiger charge is -2.17. The van der Waals surface area contributed by atoms with E-state index in [0.717, 1.165) is 31.2 Å². The quantitative estimate of drug-likeness (QED) is 0.738. The summed E-state index contributed by atoms with van der Waals surface area (Å²) in [6, 6.07) is 2.95. The number of nitrogens with one attached hydrogen (secondary N) is 2. The Morgan fingerprint density at radius 1 is 1.16 bits per heavy atom. The van der Waals surface area contributed by atoms with E-state index in [4.69, 9.17) is 0 Å². The molecular formula is C19H26N2O4. The van der Waals surface area contributed by atoms with Crippen LogP contribution in [0.4, 0.5) is 5.69 Å². The summed E-state index contributed by atoms with van der Waals surface area (Å²) in [4.78, 5) is 35.6. The lowest BCUT2D eigenvalue weighted by atomic mass is 10.0. The molecule has 1 fully saturated rings. The minimum Gasteiger partial charge on any atom is -0.478 e. The molecule has 2 amide bonds. The first-order valence-corrected chi connectivity index (χ1v) is 8.72. The number of aromatic carboxylic acids is 1. The van der Waals surface area contributed by atoms with E-state index in [-0.39, 0.29) is 35.8 Å². The Bertz CT molecular complexity index is 678. The van der Waals surface area contributed by atoms with Gasteiger partial charge in [-0.3, -0.25) is 9.59 Å². The molecule has 6 nitrogen and oxygen atoms in total. The molecule has 0 aliphatic heterocycles. The third kappa shape index (κ3) is 5.05. The third-order valence-electron chi connectivity index (χ3n) is 4.68. The average molecular weight is 346 g/mol.